The van der Waals surface area contributed by atoms with Gasteiger partial charge in [0.1, 0.15) is 6.61 Å². The van der Waals surface area contributed by atoms with E-state index in [1.165, 1.54) is 0 Å². The molecule has 160 valence electrons. The summed E-state index contributed by atoms with van der Waals surface area (Å²) in [5, 5.41) is 0.645. The molecule has 6 nitrogen and oxygen atoms in total. The number of pyridine rings is 1. The zero-order valence-corrected chi connectivity index (χ0v) is 17.8. The number of rotatable bonds is 2. The van der Waals surface area contributed by atoms with Crippen molar-refractivity contribution in [1.29, 1.82) is 0 Å². The predicted octanol–water partition coefficient (Wildman–Crippen LogP) is 4.51. The second-order valence-electron chi connectivity index (χ2n) is 7.10. The molecular formula is C24H23ClN2O4. The van der Waals surface area contributed by atoms with E-state index >= 15 is 0 Å². The summed E-state index contributed by atoms with van der Waals surface area (Å²) in [6, 6.07) is 18.5. The topological polar surface area (TPSA) is 60.9 Å². The molecule has 4 rings (SSSR count). The second-order valence-corrected chi connectivity index (χ2v) is 7.53. The number of hydrogen-bond acceptors (Lipinski definition) is 5. The molecule has 31 heavy (non-hydrogen) atoms. The first kappa shape index (κ1) is 21.2. The van der Waals surface area contributed by atoms with Crippen molar-refractivity contribution in [2.45, 2.75) is 13.0 Å². The molecule has 7 heteroatoms. The molecule has 0 saturated heterocycles. The van der Waals surface area contributed by atoms with Gasteiger partial charge in [0.05, 0.1) is 26.2 Å². The fraction of sp³-hybridized carbons (Fsp3) is 0.250. The third-order valence-electron chi connectivity index (χ3n) is 4.88. The third-order valence-corrected chi connectivity index (χ3v) is 5.13. The van der Waals surface area contributed by atoms with Crippen LogP contribution in [0.15, 0.2) is 66.9 Å². The Balaban J connectivity index is 1.59. The molecule has 0 bridgehead atoms. The van der Waals surface area contributed by atoms with Gasteiger partial charge in [-0.15, -0.1) is 0 Å². The Labute approximate surface area is 186 Å². The number of benzene rings is 2. The number of amides is 1. The molecule has 1 aliphatic heterocycles. The first-order chi connectivity index (χ1) is 15.2. The van der Waals surface area contributed by atoms with Gasteiger partial charge in [0.2, 0.25) is 11.8 Å². The molecular weight excluding hydrogens is 416 g/mol. The van der Waals surface area contributed by atoms with Crippen LogP contribution in [0.2, 0.25) is 5.02 Å². The SMILES string of the molecule is O=C(Cc1ccc(Cl)cc1)N1CCOCCOc2ccccc2Oc2ncccc2C1. The van der Waals surface area contributed by atoms with Crippen LogP contribution in [0.3, 0.4) is 0 Å². The lowest BCUT2D eigenvalue weighted by molar-refractivity contribution is -0.131. The molecule has 0 fully saturated rings. The predicted molar refractivity (Wildman–Crippen MR) is 118 cm³/mol. The van der Waals surface area contributed by atoms with E-state index in [9.17, 15) is 4.79 Å². The number of aromatic nitrogens is 1. The van der Waals surface area contributed by atoms with Gasteiger partial charge in [0.25, 0.3) is 0 Å². The Hall–Kier alpha value is -3.09. The Morgan fingerprint density at radius 3 is 2.61 bits per heavy atom. The van der Waals surface area contributed by atoms with E-state index in [-0.39, 0.29) is 12.3 Å². The van der Waals surface area contributed by atoms with Crippen molar-refractivity contribution in [1.82, 2.24) is 9.88 Å². The largest absolute Gasteiger partial charge is 0.487 e. The van der Waals surface area contributed by atoms with Crippen molar-refractivity contribution in [2.24, 2.45) is 0 Å². The van der Waals surface area contributed by atoms with Gasteiger partial charge < -0.3 is 19.1 Å². The molecule has 1 amide bonds. The van der Waals surface area contributed by atoms with Crippen molar-refractivity contribution in [3.05, 3.63) is 83.0 Å². The monoisotopic (exact) mass is 438 g/mol. The average Bonchev–Trinajstić information content (AvgIpc) is 2.80. The normalized spacial score (nSPS) is 14.5. The van der Waals surface area contributed by atoms with Gasteiger partial charge in [-0.25, -0.2) is 4.98 Å². The molecule has 0 aliphatic carbocycles. The van der Waals surface area contributed by atoms with Crippen molar-refractivity contribution in [3.63, 3.8) is 0 Å². The molecule has 0 radical (unpaired) electrons. The average molecular weight is 439 g/mol. The lowest BCUT2D eigenvalue weighted by atomic mass is 10.1. The summed E-state index contributed by atoms with van der Waals surface area (Å²) in [5.41, 5.74) is 1.71. The Bertz CT molecular complexity index is 1030. The van der Waals surface area contributed by atoms with Gasteiger partial charge >= 0.3 is 0 Å². The van der Waals surface area contributed by atoms with Crippen LogP contribution >= 0.6 is 11.6 Å². The highest BCUT2D eigenvalue weighted by molar-refractivity contribution is 6.30. The summed E-state index contributed by atoms with van der Waals surface area (Å²) >= 11 is 5.96. The number of ether oxygens (including phenoxy) is 3. The molecule has 0 unspecified atom stereocenters. The first-order valence-electron chi connectivity index (χ1n) is 10.1. The summed E-state index contributed by atoms with van der Waals surface area (Å²) < 4.78 is 17.6. The fourth-order valence-electron chi connectivity index (χ4n) is 3.27. The highest BCUT2D eigenvalue weighted by Gasteiger charge is 2.19. The van der Waals surface area contributed by atoms with Gasteiger partial charge in [0, 0.05) is 23.3 Å². The van der Waals surface area contributed by atoms with E-state index in [1.54, 1.807) is 23.2 Å². The summed E-state index contributed by atoms with van der Waals surface area (Å²) in [6.07, 6.45) is 1.95. The van der Waals surface area contributed by atoms with Gasteiger partial charge in [-0.1, -0.05) is 41.9 Å². The van der Waals surface area contributed by atoms with Crippen LogP contribution in [-0.2, 0) is 22.5 Å². The maximum atomic E-state index is 13.1. The highest BCUT2D eigenvalue weighted by atomic mass is 35.5. The molecule has 0 N–H and O–H groups in total. The number of nitrogens with zero attached hydrogens (tertiary/aromatic N) is 2. The smallest absolute Gasteiger partial charge is 0.227 e. The number of para-hydroxylation sites is 2. The minimum atomic E-state index is -0.00718. The highest BCUT2D eigenvalue weighted by Crippen LogP contribution is 2.32. The van der Waals surface area contributed by atoms with E-state index < -0.39 is 0 Å². The molecule has 0 atom stereocenters. The van der Waals surface area contributed by atoms with Gasteiger partial charge in [-0.2, -0.15) is 0 Å². The Morgan fingerprint density at radius 2 is 1.77 bits per heavy atom. The zero-order valence-electron chi connectivity index (χ0n) is 17.0. The van der Waals surface area contributed by atoms with Gasteiger partial charge in [-0.3, -0.25) is 4.79 Å². The minimum Gasteiger partial charge on any atom is -0.487 e. The number of halogens is 1. The summed E-state index contributed by atoms with van der Waals surface area (Å²) in [5.74, 6) is 1.63. The molecule has 1 aromatic heterocycles. The van der Waals surface area contributed by atoms with Crippen LogP contribution in [0, 0.1) is 0 Å². The maximum Gasteiger partial charge on any atom is 0.227 e. The summed E-state index contributed by atoms with van der Waals surface area (Å²) in [7, 11) is 0. The summed E-state index contributed by atoms with van der Waals surface area (Å²) in [6.45, 7) is 2.02. The zero-order chi connectivity index (χ0) is 21.5. The van der Waals surface area contributed by atoms with Crippen molar-refractivity contribution < 1.29 is 19.0 Å². The van der Waals surface area contributed by atoms with E-state index in [0.717, 1.165) is 11.1 Å². The number of hydrogen-bond donors (Lipinski definition) is 0. The van der Waals surface area contributed by atoms with Gasteiger partial charge in [-0.05, 0) is 35.9 Å². The van der Waals surface area contributed by atoms with Crippen molar-refractivity contribution in [3.8, 4) is 17.4 Å². The van der Waals surface area contributed by atoms with Crippen LogP contribution < -0.4 is 9.47 Å². The second kappa shape index (κ2) is 10.3. The molecule has 0 spiro atoms. The summed E-state index contributed by atoms with van der Waals surface area (Å²) in [4.78, 5) is 19.3. The van der Waals surface area contributed by atoms with E-state index in [0.29, 0.717) is 55.3 Å². The number of fused-ring (bicyclic) bond motifs is 2. The van der Waals surface area contributed by atoms with Crippen LogP contribution in [0.25, 0.3) is 0 Å². The molecule has 2 heterocycles. The molecule has 2 aromatic carbocycles. The minimum absolute atomic E-state index is 0.00718. The third kappa shape index (κ3) is 5.75. The fourth-order valence-corrected chi connectivity index (χ4v) is 3.39. The standard InChI is InChI=1S/C24H23ClN2O4/c25-20-9-7-18(8-10-20)16-23(28)27-12-13-29-14-15-30-21-5-1-2-6-22(21)31-24-19(17-27)4-3-11-26-24/h1-11H,12-17H2. The van der Waals surface area contributed by atoms with Gasteiger partial charge in [0.15, 0.2) is 11.5 Å². The lowest BCUT2D eigenvalue weighted by Crippen LogP contribution is -2.35. The molecule has 1 aliphatic rings. The quantitative estimate of drug-likeness (QED) is 0.589. The Morgan fingerprint density at radius 1 is 0.968 bits per heavy atom. The lowest BCUT2D eigenvalue weighted by Gasteiger charge is -2.23. The van der Waals surface area contributed by atoms with Crippen LogP contribution in [0.4, 0.5) is 0 Å². The first-order valence-corrected chi connectivity index (χ1v) is 10.5. The maximum absolute atomic E-state index is 13.1. The number of carbonyl (C=O) groups excluding carboxylic acids is 1. The van der Waals surface area contributed by atoms with Crippen LogP contribution in [-0.4, -0.2) is 42.2 Å². The van der Waals surface area contributed by atoms with E-state index in [2.05, 4.69) is 4.98 Å². The van der Waals surface area contributed by atoms with Crippen LogP contribution in [0.5, 0.6) is 17.4 Å². The molecule has 0 saturated carbocycles. The van der Waals surface area contributed by atoms with Crippen LogP contribution in [0.1, 0.15) is 11.1 Å². The Kier molecular flexibility index (Phi) is 7.02. The van der Waals surface area contributed by atoms with Crippen molar-refractivity contribution >= 4 is 17.5 Å². The molecule has 3 aromatic rings. The van der Waals surface area contributed by atoms with Crippen molar-refractivity contribution in [2.75, 3.05) is 26.4 Å². The van der Waals surface area contributed by atoms with E-state index in [4.69, 9.17) is 25.8 Å². The number of carbonyl (C=O) groups is 1. The van der Waals surface area contributed by atoms with E-state index in [1.807, 2.05) is 48.5 Å².